The van der Waals surface area contributed by atoms with E-state index in [0.717, 1.165) is 31.6 Å². The van der Waals surface area contributed by atoms with E-state index in [9.17, 15) is 0 Å². The van der Waals surface area contributed by atoms with Crippen LogP contribution in [0, 0.1) is 0 Å². The Morgan fingerprint density at radius 2 is 2.17 bits per heavy atom. The van der Waals surface area contributed by atoms with Crippen LogP contribution in [0.1, 0.15) is 46.2 Å². The molecule has 1 unspecified atom stereocenters. The largest absolute Gasteiger partial charge is 0.377 e. The molecule has 1 rings (SSSR count). The molecule has 1 N–H and O–H groups in total. The predicted molar refractivity (Wildman–Crippen MR) is 72.3 cm³/mol. The molecule has 5 heteroatoms. The summed E-state index contributed by atoms with van der Waals surface area (Å²) in [4.78, 5) is 0. The van der Waals surface area contributed by atoms with Gasteiger partial charge in [-0.15, -0.1) is 5.10 Å². The molecule has 0 aliphatic heterocycles. The van der Waals surface area contributed by atoms with Gasteiger partial charge in [-0.05, 0) is 13.3 Å². The Morgan fingerprint density at radius 3 is 2.83 bits per heavy atom. The van der Waals surface area contributed by atoms with Crippen LogP contribution in [-0.4, -0.2) is 33.7 Å². The van der Waals surface area contributed by atoms with E-state index in [4.69, 9.17) is 4.74 Å². The maximum absolute atomic E-state index is 5.69. The molecular formula is C13H26N4O. The molecule has 18 heavy (non-hydrogen) atoms. The molecule has 0 aliphatic rings. The van der Waals surface area contributed by atoms with Gasteiger partial charge in [-0.3, -0.25) is 0 Å². The maximum atomic E-state index is 5.69. The zero-order valence-electron chi connectivity index (χ0n) is 12.0. The molecule has 0 bridgehead atoms. The Kier molecular flexibility index (Phi) is 6.90. The van der Waals surface area contributed by atoms with Gasteiger partial charge in [0.2, 0.25) is 0 Å². The lowest BCUT2D eigenvalue weighted by Crippen LogP contribution is -2.22. The SMILES string of the molecule is CCCC(C)OCCn1cc(CNC(C)C)nn1. The molecule has 0 spiro atoms. The van der Waals surface area contributed by atoms with Crippen LogP contribution in [-0.2, 0) is 17.8 Å². The number of hydrogen-bond acceptors (Lipinski definition) is 4. The van der Waals surface area contributed by atoms with Gasteiger partial charge in [-0.1, -0.05) is 32.4 Å². The Labute approximate surface area is 110 Å². The lowest BCUT2D eigenvalue weighted by atomic mass is 10.2. The van der Waals surface area contributed by atoms with Crippen LogP contribution < -0.4 is 5.32 Å². The van der Waals surface area contributed by atoms with Crippen molar-refractivity contribution < 1.29 is 4.74 Å². The van der Waals surface area contributed by atoms with Gasteiger partial charge in [0.15, 0.2) is 0 Å². The molecule has 1 atom stereocenters. The zero-order chi connectivity index (χ0) is 13.4. The number of nitrogens with one attached hydrogen (secondary N) is 1. The number of aromatic nitrogens is 3. The first-order chi connectivity index (χ1) is 8.61. The summed E-state index contributed by atoms with van der Waals surface area (Å²) in [5.41, 5.74) is 0.977. The van der Waals surface area contributed by atoms with E-state index >= 15 is 0 Å². The summed E-state index contributed by atoms with van der Waals surface area (Å²) >= 11 is 0. The highest BCUT2D eigenvalue weighted by Gasteiger charge is 2.03. The van der Waals surface area contributed by atoms with Gasteiger partial charge in [0.25, 0.3) is 0 Å². The number of hydrogen-bond donors (Lipinski definition) is 1. The summed E-state index contributed by atoms with van der Waals surface area (Å²) in [5.74, 6) is 0. The summed E-state index contributed by atoms with van der Waals surface area (Å²) in [6.45, 7) is 10.8. The molecule has 5 nitrogen and oxygen atoms in total. The zero-order valence-corrected chi connectivity index (χ0v) is 12.0. The molecule has 0 aromatic carbocycles. The molecule has 104 valence electrons. The second kappa shape index (κ2) is 8.21. The fourth-order valence-corrected chi connectivity index (χ4v) is 1.67. The average molecular weight is 254 g/mol. The molecule has 1 heterocycles. The van der Waals surface area contributed by atoms with Gasteiger partial charge < -0.3 is 10.1 Å². The van der Waals surface area contributed by atoms with Crippen LogP contribution in [0.3, 0.4) is 0 Å². The summed E-state index contributed by atoms with van der Waals surface area (Å²) < 4.78 is 7.53. The highest BCUT2D eigenvalue weighted by molar-refractivity contribution is 4.91. The van der Waals surface area contributed by atoms with Crippen molar-refractivity contribution in [1.82, 2.24) is 20.3 Å². The first-order valence-electron chi connectivity index (χ1n) is 6.85. The van der Waals surface area contributed by atoms with Crippen LogP contribution in [0.4, 0.5) is 0 Å². The lowest BCUT2D eigenvalue weighted by Gasteiger charge is -2.11. The second-order valence-corrected chi connectivity index (χ2v) is 4.98. The Hall–Kier alpha value is -0.940. The van der Waals surface area contributed by atoms with Crippen molar-refractivity contribution >= 4 is 0 Å². The van der Waals surface area contributed by atoms with Crippen LogP contribution in [0.2, 0.25) is 0 Å². The first kappa shape index (κ1) is 15.1. The normalized spacial score (nSPS) is 13.2. The van der Waals surface area contributed by atoms with E-state index in [2.05, 4.69) is 43.3 Å². The van der Waals surface area contributed by atoms with E-state index in [1.807, 2.05) is 10.9 Å². The third kappa shape index (κ3) is 6.12. The molecule has 1 aromatic heterocycles. The molecule has 0 saturated carbocycles. The standard InChI is InChI=1S/C13H26N4O/c1-5-6-12(4)18-8-7-17-10-13(15-16-17)9-14-11(2)3/h10-12,14H,5-9H2,1-4H3. The summed E-state index contributed by atoms with van der Waals surface area (Å²) in [5, 5.41) is 11.5. The van der Waals surface area contributed by atoms with Gasteiger partial charge in [0, 0.05) is 18.8 Å². The van der Waals surface area contributed by atoms with Crippen molar-refractivity contribution in [1.29, 1.82) is 0 Å². The maximum Gasteiger partial charge on any atom is 0.0964 e. The second-order valence-electron chi connectivity index (χ2n) is 4.98. The van der Waals surface area contributed by atoms with E-state index in [-0.39, 0.29) is 0 Å². The number of ether oxygens (including phenoxy) is 1. The number of nitrogens with zero attached hydrogens (tertiary/aromatic N) is 3. The summed E-state index contributed by atoms with van der Waals surface area (Å²) in [6, 6.07) is 0.466. The van der Waals surface area contributed by atoms with Gasteiger partial charge in [-0.2, -0.15) is 0 Å². The molecule has 1 aromatic rings. The summed E-state index contributed by atoms with van der Waals surface area (Å²) in [7, 11) is 0. The minimum atomic E-state index is 0.334. The topological polar surface area (TPSA) is 52.0 Å². The van der Waals surface area contributed by atoms with Crippen molar-refractivity contribution in [2.75, 3.05) is 6.61 Å². The van der Waals surface area contributed by atoms with E-state index < -0.39 is 0 Å². The highest BCUT2D eigenvalue weighted by Crippen LogP contribution is 2.01. The Bertz CT molecular complexity index is 325. The Balaban J connectivity index is 2.22. The van der Waals surface area contributed by atoms with Gasteiger partial charge in [0.1, 0.15) is 0 Å². The number of rotatable bonds is 9. The van der Waals surface area contributed by atoms with Gasteiger partial charge >= 0.3 is 0 Å². The smallest absolute Gasteiger partial charge is 0.0964 e. The van der Waals surface area contributed by atoms with Crippen molar-refractivity contribution in [3.05, 3.63) is 11.9 Å². The van der Waals surface area contributed by atoms with Crippen molar-refractivity contribution in [2.24, 2.45) is 0 Å². The van der Waals surface area contributed by atoms with Crippen molar-refractivity contribution in [3.63, 3.8) is 0 Å². The third-order valence-electron chi connectivity index (χ3n) is 2.70. The molecule has 0 aliphatic carbocycles. The summed E-state index contributed by atoms with van der Waals surface area (Å²) in [6.07, 6.45) is 4.58. The first-order valence-corrected chi connectivity index (χ1v) is 6.85. The van der Waals surface area contributed by atoms with E-state index in [0.29, 0.717) is 18.8 Å². The van der Waals surface area contributed by atoms with Crippen LogP contribution in [0.25, 0.3) is 0 Å². The average Bonchev–Trinajstić information content (AvgIpc) is 2.75. The van der Waals surface area contributed by atoms with Gasteiger partial charge in [-0.25, -0.2) is 4.68 Å². The van der Waals surface area contributed by atoms with E-state index in [1.54, 1.807) is 0 Å². The van der Waals surface area contributed by atoms with Gasteiger partial charge in [0.05, 0.1) is 24.9 Å². The fraction of sp³-hybridized carbons (Fsp3) is 0.846. The molecule has 0 amide bonds. The van der Waals surface area contributed by atoms with Crippen LogP contribution in [0.15, 0.2) is 6.20 Å². The van der Waals surface area contributed by atoms with E-state index in [1.165, 1.54) is 0 Å². The highest BCUT2D eigenvalue weighted by atomic mass is 16.5. The molecule has 0 radical (unpaired) electrons. The molecule has 0 saturated heterocycles. The van der Waals surface area contributed by atoms with Crippen molar-refractivity contribution in [3.8, 4) is 0 Å². The lowest BCUT2D eigenvalue weighted by molar-refractivity contribution is 0.0526. The quantitative estimate of drug-likeness (QED) is 0.732. The van der Waals surface area contributed by atoms with Crippen LogP contribution in [0.5, 0.6) is 0 Å². The minimum absolute atomic E-state index is 0.334. The van der Waals surface area contributed by atoms with Crippen LogP contribution >= 0.6 is 0 Å². The third-order valence-corrected chi connectivity index (χ3v) is 2.70. The Morgan fingerprint density at radius 1 is 1.39 bits per heavy atom. The monoisotopic (exact) mass is 254 g/mol. The van der Waals surface area contributed by atoms with Crippen molar-refractivity contribution in [2.45, 2.75) is 65.8 Å². The molecular weight excluding hydrogens is 228 g/mol. The minimum Gasteiger partial charge on any atom is -0.377 e. The predicted octanol–water partition coefficient (Wildman–Crippen LogP) is 1.98. The molecule has 0 fully saturated rings. The fourth-order valence-electron chi connectivity index (χ4n) is 1.67.